The van der Waals surface area contributed by atoms with E-state index in [1.54, 1.807) is 0 Å². The lowest BCUT2D eigenvalue weighted by Gasteiger charge is -2.26. The number of hydrogen-bond donors (Lipinski definition) is 1. The Balaban J connectivity index is 2.28. The van der Waals surface area contributed by atoms with Crippen molar-refractivity contribution < 1.29 is 4.42 Å². The van der Waals surface area contributed by atoms with E-state index in [4.69, 9.17) is 10.2 Å². The maximum atomic E-state index is 5.90. The molecule has 19 heavy (non-hydrogen) atoms. The summed E-state index contributed by atoms with van der Waals surface area (Å²) in [4.78, 5) is 2.32. The Morgan fingerprint density at radius 3 is 2.53 bits per heavy atom. The van der Waals surface area contributed by atoms with Gasteiger partial charge in [-0.2, -0.15) is 0 Å². The third-order valence-corrected chi connectivity index (χ3v) is 3.74. The molecule has 3 nitrogen and oxygen atoms in total. The molecule has 3 heteroatoms. The van der Waals surface area contributed by atoms with Crippen LogP contribution >= 0.6 is 0 Å². The Morgan fingerprint density at radius 2 is 1.95 bits per heavy atom. The van der Waals surface area contributed by atoms with Crippen LogP contribution in [0, 0.1) is 6.92 Å². The summed E-state index contributed by atoms with van der Waals surface area (Å²) in [5.74, 6) is 2.01. The number of nitrogens with two attached hydrogens (primary N) is 1. The largest absolute Gasteiger partial charge is 0.465 e. The van der Waals surface area contributed by atoms with Gasteiger partial charge in [0.25, 0.3) is 0 Å². The molecule has 0 aliphatic carbocycles. The minimum atomic E-state index is 0.465. The van der Waals surface area contributed by atoms with Crippen molar-refractivity contribution >= 4 is 0 Å². The fourth-order valence-electron chi connectivity index (χ4n) is 2.45. The quantitative estimate of drug-likeness (QED) is 0.656. The van der Waals surface area contributed by atoms with Crippen LogP contribution in [0.1, 0.15) is 57.0 Å². The van der Waals surface area contributed by atoms with Gasteiger partial charge in [-0.1, -0.05) is 39.0 Å². The maximum Gasteiger partial charge on any atom is 0.118 e. The van der Waals surface area contributed by atoms with E-state index in [1.807, 2.05) is 13.0 Å². The lowest BCUT2D eigenvalue weighted by atomic mass is 10.1. The highest BCUT2D eigenvalue weighted by Gasteiger charge is 2.14. The summed E-state index contributed by atoms with van der Waals surface area (Å²) in [6, 6.07) is 4.54. The molecule has 0 radical (unpaired) electrons. The second kappa shape index (κ2) is 9.16. The van der Waals surface area contributed by atoms with Crippen LogP contribution < -0.4 is 5.73 Å². The molecule has 2 N–H and O–H groups in total. The van der Waals surface area contributed by atoms with E-state index in [0.29, 0.717) is 6.04 Å². The third kappa shape index (κ3) is 6.26. The maximum absolute atomic E-state index is 5.90. The lowest BCUT2D eigenvalue weighted by molar-refractivity contribution is 0.206. The SMILES string of the molecule is CCCCCCCC(CN)N(C)Cc1ccc(C)o1. The van der Waals surface area contributed by atoms with E-state index in [1.165, 1.54) is 38.5 Å². The fraction of sp³-hybridized carbons (Fsp3) is 0.750. The average molecular weight is 266 g/mol. The van der Waals surface area contributed by atoms with Gasteiger partial charge < -0.3 is 10.2 Å². The zero-order valence-electron chi connectivity index (χ0n) is 12.8. The van der Waals surface area contributed by atoms with Crippen LogP contribution in [-0.2, 0) is 6.54 Å². The van der Waals surface area contributed by atoms with E-state index in [-0.39, 0.29) is 0 Å². The van der Waals surface area contributed by atoms with Gasteiger partial charge in [0.15, 0.2) is 0 Å². The number of hydrogen-bond acceptors (Lipinski definition) is 3. The molecule has 0 bridgehead atoms. The minimum Gasteiger partial charge on any atom is -0.465 e. The molecule has 0 aliphatic rings. The van der Waals surface area contributed by atoms with Crippen molar-refractivity contribution in [3.63, 3.8) is 0 Å². The van der Waals surface area contributed by atoms with E-state index < -0.39 is 0 Å². The molecule has 1 atom stereocenters. The van der Waals surface area contributed by atoms with Gasteiger partial charge in [-0.25, -0.2) is 0 Å². The van der Waals surface area contributed by atoms with Gasteiger partial charge in [0.2, 0.25) is 0 Å². The minimum absolute atomic E-state index is 0.465. The van der Waals surface area contributed by atoms with Gasteiger partial charge in [0.05, 0.1) is 6.54 Å². The number of aryl methyl sites for hydroxylation is 1. The normalized spacial score (nSPS) is 13.1. The summed E-state index contributed by atoms with van der Waals surface area (Å²) in [7, 11) is 2.14. The van der Waals surface area contributed by atoms with Gasteiger partial charge in [-0.05, 0) is 32.5 Å². The first-order chi connectivity index (χ1) is 9.17. The average Bonchev–Trinajstić information content (AvgIpc) is 2.79. The predicted octanol–water partition coefficient (Wildman–Crippen LogP) is 3.71. The standard InChI is InChI=1S/C16H30N2O/c1-4-5-6-7-8-9-15(12-17)18(3)13-16-11-10-14(2)19-16/h10-11,15H,4-9,12-13,17H2,1-3H3. The predicted molar refractivity (Wildman–Crippen MR) is 81.1 cm³/mol. The molecule has 0 aromatic carbocycles. The van der Waals surface area contributed by atoms with Gasteiger partial charge >= 0.3 is 0 Å². The molecule has 1 aromatic rings. The van der Waals surface area contributed by atoms with Gasteiger partial charge in [0.1, 0.15) is 11.5 Å². The second-order valence-electron chi connectivity index (χ2n) is 5.52. The topological polar surface area (TPSA) is 42.4 Å². The van der Waals surface area contributed by atoms with Crippen LogP contribution in [0.2, 0.25) is 0 Å². The highest BCUT2D eigenvalue weighted by molar-refractivity contribution is 5.05. The summed E-state index contributed by atoms with van der Waals surface area (Å²) >= 11 is 0. The Hall–Kier alpha value is -0.800. The van der Waals surface area contributed by atoms with Crippen LogP contribution in [0.5, 0.6) is 0 Å². The highest BCUT2D eigenvalue weighted by Crippen LogP contribution is 2.14. The van der Waals surface area contributed by atoms with Crippen LogP contribution in [0.4, 0.5) is 0 Å². The van der Waals surface area contributed by atoms with Crippen molar-refractivity contribution in [2.24, 2.45) is 5.73 Å². The zero-order valence-corrected chi connectivity index (χ0v) is 12.8. The van der Waals surface area contributed by atoms with E-state index >= 15 is 0 Å². The van der Waals surface area contributed by atoms with Crippen molar-refractivity contribution in [3.05, 3.63) is 23.7 Å². The summed E-state index contributed by atoms with van der Waals surface area (Å²) in [5.41, 5.74) is 5.90. The first kappa shape index (κ1) is 16.3. The molecule has 0 amide bonds. The second-order valence-corrected chi connectivity index (χ2v) is 5.52. The molecule has 1 unspecified atom stereocenters. The Morgan fingerprint density at radius 1 is 1.21 bits per heavy atom. The summed E-state index contributed by atoms with van der Waals surface area (Å²) < 4.78 is 5.62. The van der Waals surface area contributed by atoms with Crippen LogP contribution in [0.3, 0.4) is 0 Å². The number of furan rings is 1. The zero-order chi connectivity index (χ0) is 14.1. The Bertz CT molecular complexity index is 335. The number of likely N-dealkylation sites (N-methyl/N-ethyl adjacent to an activating group) is 1. The molecule has 0 saturated carbocycles. The molecule has 0 fully saturated rings. The third-order valence-electron chi connectivity index (χ3n) is 3.74. The van der Waals surface area contributed by atoms with Crippen molar-refractivity contribution in [1.29, 1.82) is 0 Å². The molecule has 0 aliphatic heterocycles. The molecule has 1 aromatic heterocycles. The van der Waals surface area contributed by atoms with E-state index in [0.717, 1.165) is 24.6 Å². The smallest absolute Gasteiger partial charge is 0.118 e. The summed E-state index contributed by atoms with van der Waals surface area (Å²) in [6.07, 6.45) is 7.82. The van der Waals surface area contributed by atoms with Crippen LogP contribution in [0.25, 0.3) is 0 Å². The van der Waals surface area contributed by atoms with Crippen molar-refractivity contribution in [2.75, 3.05) is 13.6 Å². The van der Waals surface area contributed by atoms with Crippen LogP contribution in [0.15, 0.2) is 16.5 Å². The molecular formula is C16H30N2O. The van der Waals surface area contributed by atoms with Gasteiger partial charge in [-0.3, -0.25) is 4.90 Å². The first-order valence-corrected chi connectivity index (χ1v) is 7.63. The fourth-order valence-corrected chi connectivity index (χ4v) is 2.45. The number of nitrogens with zero attached hydrogens (tertiary/aromatic N) is 1. The Kier molecular flexibility index (Phi) is 7.84. The number of rotatable bonds is 10. The van der Waals surface area contributed by atoms with Crippen molar-refractivity contribution in [3.8, 4) is 0 Å². The van der Waals surface area contributed by atoms with Crippen molar-refractivity contribution in [2.45, 2.75) is 65.0 Å². The van der Waals surface area contributed by atoms with E-state index in [9.17, 15) is 0 Å². The van der Waals surface area contributed by atoms with Crippen LogP contribution in [-0.4, -0.2) is 24.5 Å². The van der Waals surface area contributed by atoms with E-state index in [2.05, 4.69) is 24.9 Å². The summed E-state index contributed by atoms with van der Waals surface area (Å²) in [5, 5.41) is 0. The first-order valence-electron chi connectivity index (χ1n) is 7.63. The molecule has 110 valence electrons. The molecule has 1 rings (SSSR count). The lowest BCUT2D eigenvalue weighted by Crippen LogP contribution is -2.37. The summed E-state index contributed by atoms with van der Waals surface area (Å²) in [6.45, 7) is 5.81. The molecule has 0 saturated heterocycles. The monoisotopic (exact) mass is 266 g/mol. The van der Waals surface area contributed by atoms with Gasteiger partial charge in [-0.15, -0.1) is 0 Å². The molecule has 0 spiro atoms. The molecular weight excluding hydrogens is 236 g/mol. The van der Waals surface area contributed by atoms with Crippen molar-refractivity contribution in [1.82, 2.24) is 4.90 Å². The Labute approximate surface area is 118 Å². The molecule has 1 heterocycles. The number of unbranched alkanes of at least 4 members (excludes halogenated alkanes) is 4. The van der Waals surface area contributed by atoms with Gasteiger partial charge in [0, 0.05) is 12.6 Å². The highest BCUT2D eigenvalue weighted by atomic mass is 16.3.